The van der Waals surface area contributed by atoms with E-state index in [1.165, 1.54) is 18.5 Å². The van der Waals surface area contributed by atoms with Crippen LogP contribution in [0, 0.1) is 12.7 Å². The van der Waals surface area contributed by atoms with Crippen molar-refractivity contribution >= 4 is 0 Å². The lowest BCUT2D eigenvalue weighted by Gasteiger charge is -2.01. The van der Waals surface area contributed by atoms with Crippen LogP contribution in [0.3, 0.4) is 0 Å². The first-order valence-corrected chi connectivity index (χ1v) is 4.64. The summed E-state index contributed by atoms with van der Waals surface area (Å²) in [4.78, 5) is 0. The van der Waals surface area contributed by atoms with Crippen LogP contribution in [0.5, 0.6) is 0 Å². The van der Waals surface area contributed by atoms with Gasteiger partial charge in [-0.3, -0.25) is 5.21 Å². The summed E-state index contributed by atoms with van der Waals surface area (Å²) in [7, 11) is 0. The van der Waals surface area contributed by atoms with Gasteiger partial charge in [-0.1, -0.05) is 12.1 Å². The minimum atomic E-state index is -0.215. The minimum absolute atomic E-state index is 0.215. The molecule has 0 fully saturated rings. The Morgan fingerprint density at radius 2 is 1.73 bits per heavy atom. The average Bonchev–Trinajstić information content (AvgIpc) is 2.23. The number of hydrogen-bond donors (Lipinski definition) is 1. The monoisotopic (exact) mass is 204 g/mol. The fourth-order valence-corrected chi connectivity index (χ4v) is 1.38. The maximum absolute atomic E-state index is 13.3. The van der Waals surface area contributed by atoms with Crippen molar-refractivity contribution in [2.45, 2.75) is 6.92 Å². The van der Waals surface area contributed by atoms with Gasteiger partial charge in [0.25, 0.3) is 0 Å². The second-order valence-corrected chi connectivity index (χ2v) is 3.43. The first-order valence-electron chi connectivity index (χ1n) is 4.64. The molecule has 15 heavy (non-hydrogen) atoms. The third-order valence-corrected chi connectivity index (χ3v) is 2.32. The van der Waals surface area contributed by atoms with Gasteiger partial charge in [0, 0.05) is 16.9 Å². The lowest BCUT2D eigenvalue weighted by Crippen LogP contribution is -2.27. The Morgan fingerprint density at radius 1 is 1.07 bits per heavy atom. The maximum atomic E-state index is 13.3. The zero-order valence-electron chi connectivity index (χ0n) is 8.31. The highest BCUT2D eigenvalue weighted by Crippen LogP contribution is 2.20. The van der Waals surface area contributed by atoms with Gasteiger partial charge < -0.3 is 0 Å². The van der Waals surface area contributed by atoms with Crippen LogP contribution in [-0.2, 0) is 0 Å². The zero-order chi connectivity index (χ0) is 10.8. The van der Waals surface area contributed by atoms with E-state index in [4.69, 9.17) is 5.21 Å². The van der Waals surface area contributed by atoms with E-state index in [-0.39, 0.29) is 5.82 Å². The molecule has 0 aliphatic heterocycles. The number of halogens is 1. The van der Waals surface area contributed by atoms with Crippen LogP contribution in [-0.4, -0.2) is 5.21 Å². The lowest BCUT2D eigenvalue weighted by molar-refractivity contribution is -0.904. The molecule has 0 aliphatic carbocycles. The molecule has 0 saturated heterocycles. The summed E-state index contributed by atoms with van der Waals surface area (Å²) in [6.07, 6.45) is 3.01. The second kappa shape index (κ2) is 3.69. The van der Waals surface area contributed by atoms with E-state index in [1.807, 2.05) is 6.07 Å². The summed E-state index contributed by atoms with van der Waals surface area (Å²) < 4.78 is 14.2. The summed E-state index contributed by atoms with van der Waals surface area (Å²) in [6.45, 7) is 1.73. The summed E-state index contributed by atoms with van der Waals surface area (Å²) in [5.41, 5.74) is 2.31. The smallest absolute Gasteiger partial charge is 0.222 e. The van der Waals surface area contributed by atoms with Crippen molar-refractivity contribution in [1.82, 2.24) is 0 Å². The number of rotatable bonds is 1. The molecule has 1 N–H and O–H groups in total. The Labute approximate surface area is 87.2 Å². The van der Waals surface area contributed by atoms with Crippen molar-refractivity contribution in [1.29, 1.82) is 0 Å². The number of nitrogens with zero attached hydrogens (tertiary/aromatic N) is 1. The van der Waals surface area contributed by atoms with Crippen LogP contribution >= 0.6 is 0 Å². The van der Waals surface area contributed by atoms with Gasteiger partial charge in [-0.2, -0.15) is 0 Å². The van der Waals surface area contributed by atoms with Gasteiger partial charge in [0.05, 0.1) is 0 Å². The predicted molar refractivity (Wildman–Crippen MR) is 54.0 cm³/mol. The molecule has 1 aromatic heterocycles. The molecular formula is C12H11FNO+. The van der Waals surface area contributed by atoms with Gasteiger partial charge in [-0.25, -0.2) is 4.39 Å². The van der Waals surface area contributed by atoms with Crippen molar-refractivity contribution < 1.29 is 14.3 Å². The van der Waals surface area contributed by atoms with E-state index in [0.717, 1.165) is 15.9 Å². The van der Waals surface area contributed by atoms with Crippen LogP contribution in [0.4, 0.5) is 4.39 Å². The maximum Gasteiger partial charge on any atom is 0.222 e. The molecule has 0 saturated carbocycles. The molecule has 1 heterocycles. The van der Waals surface area contributed by atoms with Crippen molar-refractivity contribution in [3.05, 3.63) is 54.1 Å². The van der Waals surface area contributed by atoms with Gasteiger partial charge >= 0.3 is 0 Å². The molecule has 0 radical (unpaired) electrons. The van der Waals surface area contributed by atoms with Crippen molar-refractivity contribution in [3.8, 4) is 11.1 Å². The highest BCUT2D eigenvalue weighted by atomic mass is 19.1. The highest BCUT2D eigenvalue weighted by molar-refractivity contribution is 5.62. The fourth-order valence-electron chi connectivity index (χ4n) is 1.38. The highest BCUT2D eigenvalue weighted by Gasteiger charge is 2.03. The van der Waals surface area contributed by atoms with Crippen LogP contribution in [0.2, 0.25) is 0 Å². The lowest BCUT2D eigenvalue weighted by atomic mass is 10.1. The van der Waals surface area contributed by atoms with Crippen molar-refractivity contribution in [2.75, 3.05) is 0 Å². The summed E-state index contributed by atoms with van der Waals surface area (Å²) >= 11 is 0. The zero-order valence-corrected chi connectivity index (χ0v) is 8.31. The van der Waals surface area contributed by atoms with Crippen LogP contribution in [0.15, 0.2) is 42.7 Å². The number of pyridine rings is 1. The molecule has 3 heteroatoms. The van der Waals surface area contributed by atoms with Gasteiger partial charge in [0.15, 0.2) is 0 Å². The molecule has 2 aromatic rings. The Morgan fingerprint density at radius 3 is 2.33 bits per heavy atom. The Hall–Kier alpha value is -1.90. The quantitative estimate of drug-likeness (QED) is 0.559. The van der Waals surface area contributed by atoms with Gasteiger partial charge in [0.1, 0.15) is 5.82 Å². The van der Waals surface area contributed by atoms with E-state index < -0.39 is 0 Å². The first-order chi connectivity index (χ1) is 7.16. The van der Waals surface area contributed by atoms with E-state index >= 15 is 0 Å². The molecule has 2 nitrogen and oxygen atoms in total. The van der Waals surface area contributed by atoms with Crippen LogP contribution < -0.4 is 4.73 Å². The molecule has 2 rings (SSSR count). The Balaban J connectivity index is 2.45. The van der Waals surface area contributed by atoms with Crippen LogP contribution in [0.25, 0.3) is 11.1 Å². The molecule has 0 aliphatic rings. The largest absolute Gasteiger partial charge is 0.285 e. The second-order valence-electron chi connectivity index (χ2n) is 3.43. The van der Waals surface area contributed by atoms with E-state index in [2.05, 4.69) is 0 Å². The molecule has 0 atom stereocenters. The van der Waals surface area contributed by atoms with E-state index in [1.54, 1.807) is 25.1 Å². The van der Waals surface area contributed by atoms with Crippen molar-refractivity contribution in [2.24, 2.45) is 0 Å². The summed E-state index contributed by atoms with van der Waals surface area (Å²) in [6, 6.07) is 8.54. The molecular weight excluding hydrogens is 193 g/mol. The normalized spacial score (nSPS) is 10.3. The van der Waals surface area contributed by atoms with Gasteiger partial charge in [-0.15, -0.1) is 0 Å². The molecule has 0 spiro atoms. The fraction of sp³-hybridized carbons (Fsp3) is 0.0833. The summed E-state index contributed by atoms with van der Waals surface area (Å²) in [5, 5.41) is 9.04. The number of benzene rings is 1. The SMILES string of the molecule is Cc1ccc(-c2cc[n+](O)cc2)cc1F. The molecule has 76 valence electrons. The summed E-state index contributed by atoms with van der Waals surface area (Å²) in [5.74, 6) is -0.215. The van der Waals surface area contributed by atoms with Crippen molar-refractivity contribution in [3.63, 3.8) is 0 Å². The Kier molecular flexibility index (Phi) is 2.37. The molecule has 0 unspecified atom stereocenters. The number of aromatic nitrogens is 1. The Bertz CT molecular complexity index is 479. The average molecular weight is 204 g/mol. The van der Waals surface area contributed by atoms with E-state index in [9.17, 15) is 4.39 Å². The molecule has 1 aromatic carbocycles. The standard InChI is InChI=1S/C12H11FNO/c1-9-2-3-11(8-12(9)13)10-4-6-14(15)7-5-10/h2-8,15H,1H3/q+1. The number of aryl methyl sites for hydroxylation is 1. The first kappa shape index (κ1) is 9.65. The topological polar surface area (TPSA) is 24.1 Å². The predicted octanol–water partition coefficient (Wildman–Crippen LogP) is 2.33. The van der Waals surface area contributed by atoms with Gasteiger partial charge in [-0.05, 0) is 29.7 Å². The molecule has 0 amide bonds. The molecule has 0 bridgehead atoms. The van der Waals surface area contributed by atoms with Crippen LogP contribution in [0.1, 0.15) is 5.56 Å². The number of hydrogen-bond acceptors (Lipinski definition) is 1. The van der Waals surface area contributed by atoms with Gasteiger partial charge in [0.2, 0.25) is 12.4 Å². The third kappa shape index (κ3) is 1.96. The van der Waals surface area contributed by atoms with E-state index in [0.29, 0.717) is 5.56 Å². The third-order valence-electron chi connectivity index (χ3n) is 2.32. The minimum Gasteiger partial charge on any atom is -0.285 e.